The molecule has 1 unspecified atom stereocenters. The first-order valence-electron chi connectivity index (χ1n) is 5.43. The van der Waals surface area contributed by atoms with Gasteiger partial charge in [0.15, 0.2) is 0 Å². The third kappa shape index (κ3) is 4.88. The van der Waals surface area contributed by atoms with Crippen LogP contribution in [0.2, 0.25) is 0 Å². The predicted octanol–water partition coefficient (Wildman–Crippen LogP) is 2.31. The molecule has 0 aliphatic carbocycles. The molecule has 0 fully saturated rings. The van der Waals surface area contributed by atoms with E-state index >= 15 is 0 Å². The Balaban J connectivity index is 4.55. The second kappa shape index (κ2) is 6.78. The SMILES string of the molecule is CCCC(SC(C)(C)C(=O)O)C(=O)OCC. The maximum Gasteiger partial charge on any atom is 0.319 e. The van der Waals surface area contributed by atoms with Gasteiger partial charge < -0.3 is 9.84 Å². The molecule has 0 aromatic carbocycles. The number of hydrogen-bond acceptors (Lipinski definition) is 4. The van der Waals surface area contributed by atoms with Crippen LogP contribution in [0.15, 0.2) is 0 Å². The van der Waals surface area contributed by atoms with E-state index in [2.05, 4.69) is 0 Å². The highest BCUT2D eigenvalue weighted by atomic mass is 32.2. The molecule has 0 rings (SSSR count). The van der Waals surface area contributed by atoms with Gasteiger partial charge in [0.1, 0.15) is 10.00 Å². The van der Waals surface area contributed by atoms with E-state index in [4.69, 9.17) is 9.84 Å². The highest BCUT2D eigenvalue weighted by molar-refractivity contribution is 8.02. The molecule has 0 aromatic rings. The molecule has 0 amide bonds. The van der Waals surface area contributed by atoms with E-state index in [1.54, 1.807) is 20.8 Å². The van der Waals surface area contributed by atoms with Gasteiger partial charge in [0, 0.05) is 0 Å². The average molecular weight is 248 g/mol. The molecule has 5 heteroatoms. The molecular weight excluding hydrogens is 228 g/mol. The average Bonchev–Trinajstić information content (AvgIpc) is 2.17. The minimum Gasteiger partial charge on any atom is -0.480 e. The van der Waals surface area contributed by atoms with Gasteiger partial charge in [0.2, 0.25) is 0 Å². The molecule has 0 aliphatic rings. The number of ether oxygens (including phenoxy) is 1. The molecule has 0 spiro atoms. The van der Waals surface area contributed by atoms with Crippen molar-refractivity contribution in [3.05, 3.63) is 0 Å². The number of thioether (sulfide) groups is 1. The van der Waals surface area contributed by atoms with Crippen LogP contribution in [0.4, 0.5) is 0 Å². The Labute approximate surface area is 101 Å². The standard InChI is InChI=1S/C11H20O4S/c1-5-7-8(9(12)15-6-2)16-11(3,4)10(13)14/h8H,5-7H2,1-4H3,(H,13,14). The third-order valence-electron chi connectivity index (χ3n) is 2.05. The molecule has 4 nitrogen and oxygen atoms in total. The minimum atomic E-state index is -0.966. The van der Waals surface area contributed by atoms with Gasteiger partial charge in [0.05, 0.1) is 6.61 Å². The van der Waals surface area contributed by atoms with Gasteiger partial charge in [-0.25, -0.2) is 0 Å². The van der Waals surface area contributed by atoms with Crippen LogP contribution in [-0.2, 0) is 14.3 Å². The Morgan fingerprint density at radius 3 is 2.31 bits per heavy atom. The quantitative estimate of drug-likeness (QED) is 0.700. The lowest BCUT2D eigenvalue weighted by Crippen LogP contribution is -2.33. The maximum absolute atomic E-state index is 11.6. The van der Waals surface area contributed by atoms with Crippen LogP contribution >= 0.6 is 11.8 Å². The maximum atomic E-state index is 11.6. The van der Waals surface area contributed by atoms with Crippen molar-refractivity contribution in [3.63, 3.8) is 0 Å². The zero-order chi connectivity index (χ0) is 12.8. The van der Waals surface area contributed by atoms with Crippen LogP contribution in [0.3, 0.4) is 0 Å². The predicted molar refractivity (Wildman–Crippen MR) is 64.6 cm³/mol. The molecular formula is C11H20O4S. The normalized spacial score (nSPS) is 13.2. The Morgan fingerprint density at radius 2 is 1.94 bits per heavy atom. The summed E-state index contributed by atoms with van der Waals surface area (Å²) in [4.78, 5) is 22.6. The second-order valence-electron chi connectivity index (χ2n) is 3.96. The van der Waals surface area contributed by atoms with E-state index < -0.39 is 16.0 Å². The minimum absolute atomic E-state index is 0.316. The summed E-state index contributed by atoms with van der Waals surface area (Å²) in [6.45, 7) is 7.23. The molecule has 0 radical (unpaired) electrons. The molecule has 0 saturated carbocycles. The van der Waals surface area contributed by atoms with Gasteiger partial charge in [0.25, 0.3) is 0 Å². The monoisotopic (exact) mass is 248 g/mol. The molecule has 1 atom stereocenters. The number of hydrogen-bond donors (Lipinski definition) is 1. The summed E-state index contributed by atoms with van der Waals surface area (Å²) in [6.07, 6.45) is 1.46. The number of carboxylic acids is 1. The highest BCUT2D eigenvalue weighted by Gasteiger charge is 2.34. The zero-order valence-electron chi connectivity index (χ0n) is 10.3. The van der Waals surface area contributed by atoms with Crippen LogP contribution < -0.4 is 0 Å². The first-order valence-corrected chi connectivity index (χ1v) is 6.31. The number of carbonyl (C=O) groups is 2. The number of esters is 1. The molecule has 0 saturated heterocycles. The van der Waals surface area contributed by atoms with Gasteiger partial charge >= 0.3 is 11.9 Å². The summed E-state index contributed by atoms with van der Waals surface area (Å²) in [7, 11) is 0. The van der Waals surface area contributed by atoms with Gasteiger partial charge in [-0.1, -0.05) is 13.3 Å². The lowest BCUT2D eigenvalue weighted by molar-refractivity contribution is -0.142. The molecule has 1 N–H and O–H groups in total. The van der Waals surface area contributed by atoms with Crippen molar-refractivity contribution in [2.45, 2.75) is 50.5 Å². The van der Waals surface area contributed by atoms with Gasteiger partial charge in [-0.2, -0.15) is 0 Å². The molecule has 16 heavy (non-hydrogen) atoms. The van der Waals surface area contributed by atoms with E-state index in [1.165, 1.54) is 0 Å². The summed E-state index contributed by atoms with van der Waals surface area (Å²) >= 11 is 1.15. The lowest BCUT2D eigenvalue weighted by atomic mass is 10.2. The van der Waals surface area contributed by atoms with Crippen molar-refractivity contribution in [2.75, 3.05) is 6.61 Å². The number of carbonyl (C=O) groups excluding carboxylic acids is 1. The molecule has 0 heterocycles. The van der Waals surface area contributed by atoms with E-state index in [-0.39, 0.29) is 5.97 Å². The van der Waals surface area contributed by atoms with E-state index in [1.807, 2.05) is 6.92 Å². The summed E-state index contributed by atoms with van der Waals surface area (Å²) in [6, 6.07) is 0. The number of carboxylic acid groups (broad SMARTS) is 1. The van der Waals surface area contributed by atoms with Crippen molar-refractivity contribution in [1.82, 2.24) is 0 Å². The molecule has 94 valence electrons. The topological polar surface area (TPSA) is 63.6 Å². The molecule has 0 aliphatic heterocycles. The van der Waals surface area contributed by atoms with Crippen LogP contribution in [0.25, 0.3) is 0 Å². The van der Waals surface area contributed by atoms with Crippen molar-refractivity contribution in [1.29, 1.82) is 0 Å². The number of aliphatic carboxylic acids is 1. The Hall–Kier alpha value is -0.710. The largest absolute Gasteiger partial charge is 0.480 e. The molecule has 0 bridgehead atoms. The third-order valence-corrected chi connectivity index (χ3v) is 3.53. The van der Waals surface area contributed by atoms with Gasteiger partial charge in [-0.3, -0.25) is 9.59 Å². The number of rotatable bonds is 7. The van der Waals surface area contributed by atoms with Gasteiger partial charge in [-0.05, 0) is 27.2 Å². The fraction of sp³-hybridized carbons (Fsp3) is 0.818. The second-order valence-corrected chi connectivity index (χ2v) is 5.79. The summed E-state index contributed by atoms with van der Waals surface area (Å²) in [5.74, 6) is -1.23. The fourth-order valence-corrected chi connectivity index (χ4v) is 2.46. The van der Waals surface area contributed by atoms with Crippen LogP contribution in [0.1, 0.15) is 40.5 Å². The van der Waals surface area contributed by atoms with Gasteiger partial charge in [-0.15, -0.1) is 11.8 Å². The summed E-state index contributed by atoms with van der Waals surface area (Å²) in [5, 5.41) is 8.60. The first-order chi connectivity index (χ1) is 7.35. The Bertz CT molecular complexity index is 250. The zero-order valence-corrected chi connectivity index (χ0v) is 11.1. The summed E-state index contributed by atoms with van der Waals surface area (Å²) in [5.41, 5.74) is 0. The Morgan fingerprint density at radius 1 is 1.38 bits per heavy atom. The van der Waals surface area contributed by atoms with Crippen LogP contribution in [0.5, 0.6) is 0 Å². The summed E-state index contributed by atoms with van der Waals surface area (Å²) < 4.78 is 3.96. The van der Waals surface area contributed by atoms with Crippen molar-refractivity contribution < 1.29 is 19.4 Å². The molecule has 0 aromatic heterocycles. The fourth-order valence-electron chi connectivity index (χ4n) is 1.13. The van der Waals surface area contributed by atoms with E-state index in [9.17, 15) is 9.59 Å². The first kappa shape index (κ1) is 15.3. The van der Waals surface area contributed by atoms with Crippen molar-refractivity contribution in [2.24, 2.45) is 0 Å². The van der Waals surface area contributed by atoms with Crippen molar-refractivity contribution >= 4 is 23.7 Å². The van der Waals surface area contributed by atoms with E-state index in [0.717, 1.165) is 18.2 Å². The van der Waals surface area contributed by atoms with Crippen molar-refractivity contribution in [3.8, 4) is 0 Å². The van der Waals surface area contributed by atoms with Crippen LogP contribution in [-0.4, -0.2) is 33.6 Å². The lowest BCUT2D eigenvalue weighted by Gasteiger charge is -2.24. The Kier molecular flexibility index (Phi) is 6.48. The van der Waals surface area contributed by atoms with Crippen LogP contribution in [0, 0.1) is 0 Å². The van der Waals surface area contributed by atoms with E-state index in [0.29, 0.717) is 13.0 Å². The smallest absolute Gasteiger partial charge is 0.319 e. The highest BCUT2D eigenvalue weighted by Crippen LogP contribution is 2.32.